The van der Waals surface area contributed by atoms with E-state index in [-0.39, 0.29) is 11.7 Å². The molecule has 3 rings (SSSR count). The Bertz CT molecular complexity index is 548. The van der Waals surface area contributed by atoms with E-state index in [1.807, 2.05) is 0 Å². The zero-order chi connectivity index (χ0) is 12.4. The van der Waals surface area contributed by atoms with Crippen LogP contribution in [-0.4, -0.2) is 27.6 Å². The zero-order valence-corrected chi connectivity index (χ0v) is 9.67. The molecule has 2 aromatic rings. The minimum Gasteiger partial charge on any atom is -0.349 e. The first-order valence-electron chi connectivity index (χ1n) is 5.85. The van der Waals surface area contributed by atoms with E-state index in [0.717, 1.165) is 0 Å². The predicted molar refractivity (Wildman–Crippen MR) is 62.6 cm³/mol. The van der Waals surface area contributed by atoms with Crippen molar-refractivity contribution in [1.82, 2.24) is 20.4 Å². The molecule has 1 aliphatic carbocycles. The van der Waals surface area contributed by atoms with Crippen molar-refractivity contribution in [2.24, 2.45) is 5.92 Å². The van der Waals surface area contributed by atoms with Crippen LogP contribution in [0.15, 0.2) is 29.0 Å². The van der Waals surface area contributed by atoms with Crippen molar-refractivity contribution in [2.45, 2.75) is 12.8 Å². The Morgan fingerprint density at radius 2 is 2.39 bits per heavy atom. The van der Waals surface area contributed by atoms with Crippen molar-refractivity contribution >= 4 is 5.91 Å². The standard InChI is InChI=1S/C12H12N4O2/c17-11(14-6-8-3-4-8)10-15-12(18-16-10)9-2-1-5-13-7-9/h1-2,5,7-8H,3-4,6H2,(H,14,17). The maximum Gasteiger partial charge on any atom is 0.292 e. The lowest BCUT2D eigenvalue weighted by Crippen LogP contribution is -2.26. The van der Waals surface area contributed by atoms with E-state index in [1.54, 1.807) is 24.5 Å². The highest BCUT2D eigenvalue weighted by molar-refractivity contribution is 5.90. The highest BCUT2D eigenvalue weighted by Gasteiger charge is 2.23. The van der Waals surface area contributed by atoms with Crippen molar-refractivity contribution < 1.29 is 9.32 Å². The number of pyridine rings is 1. The van der Waals surface area contributed by atoms with Crippen LogP contribution < -0.4 is 5.32 Å². The van der Waals surface area contributed by atoms with E-state index in [9.17, 15) is 4.79 Å². The fraction of sp³-hybridized carbons (Fsp3) is 0.333. The molecule has 0 saturated heterocycles. The summed E-state index contributed by atoms with van der Waals surface area (Å²) in [6, 6.07) is 3.57. The molecule has 18 heavy (non-hydrogen) atoms. The number of rotatable bonds is 4. The quantitative estimate of drug-likeness (QED) is 0.875. The fourth-order valence-electron chi connectivity index (χ4n) is 1.56. The van der Waals surface area contributed by atoms with Gasteiger partial charge in [-0.15, -0.1) is 0 Å². The molecule has 0 radical (unpaired) electrons. The molecule has 0 bridgehead atoms. The Morgan fingerprint density at radius 1 is 1.50 bits per heavy atom. The molecule has 1 amide bonds. The summed E-state index contributed by atoms with van der Waals surface area (Å²) in [5, 5.41) is 6.45. The number of hydrogen-bond acceptors (Lipinski definition) is 5. The lowest BCUT2D eigenvalue weighted by atomic mass is 10.3. The van der Waals surface area contributed by atoms with Crippen molar-refractivity contribution in [2.75, 3.05) is 6.54 Å². The summed E-state index contributed by atoms with van der Waals surface area (Å²) in [7, 11) is 0. The van der Waals surface area contributed by atoms with Crippen LogP contribution in [0.3, 0.4) is 0 Å². The van der Waals surface area contributed by atoms with Crippen LogP contribution in [0.4, 0.5) is 0 Å². The molecule has 0 spiro atoms. The molecule has 0 unspecified atom stereocenters. The number of hydrogen-bond donors (Lipinski definition) is 1. The van der Waals surface area contributed by atoms with Crippen LogP contribution in [0.5, 0.6) is 0 Å². The molecule has 0 aliphatic heterocycles. The van der Waals surface area contributed by atoms with E-state index < -0.39 is 0 Å². The van der Waals surface area contributed by atoms with Gasteiger partial charge in [0.1, 0.15) is 0 Å². The minimum absolute atomic E-state index is 0.0644. The molecule has 0 aromatic carbocycles. The van der Waals surface area contributed by atoms with Crippen molar-refractivity contribution in [3.05, 3.63) is 30.4 Å². The Morgan fingerprint density at radius 3 is 3.11 bits per heavy atom. The average Bonchev–Trinajstić information content (AvgIpc) is 3.11. The predicted octanol–water partition coefficient (Wildman–Crippen LogP) is 1.27. The first-order chi connectivity index (χ1) is 8.83. The van der Waals surface area contributed by atoms with Gasteiger partial charge in [-0.25, -0.2) is 0 Å². The minimum atomic E-state index is -0.291. The maximum absolute atomic E-state index is 11.7. The number of nitrogens with one attached hydrogen (secondary N) is 1. The van der Waals surface area contributed by atoms with Gasteiger partial charge in [0.25, 0.3) is 17.6 Å². The van der Waals surface area contributed by atoms with Crippen molar-refractivity contribution in [3.8, 4) is 11.5 Å². The van der Waals surface area contributed by atoms with Crippen molar-refractivity contribution in [1.29, 1.82) is 0 Å². The molecular weight excluding hydrogens is 232 g/mol. The van der Waals surface area contributed by atoms with E-state index in [2.05, 4.69) is 20.4 Å². The van der Waals surface area contributed by atoms with Gasteiger partial charge in [0, 0.05) is 18.9 Å². The summed E-state index contributed by atoms with van der Waals surface area (Å²) in [4.78, 5) is 19.7. The van der Waals surface area contributed by atoms with Gasteiger partial charge in [-0.3, -0.25) is 9.78 Å². The molecule has 1 saturated carbocycles. The van der Waals surface area contributed by atoms with Gasteiger partial charge >= 0.3 is 0 Å². The third-order valence-corrected chi connectivity index (χ3v) is 2.79. The number of carbonyl (C=O) groups excluding carboxylic acids is 1. The highest BCUT2D eigenvalue weighted by atomic mass is 16.5. The number of nitrogens with zero attached hydrogens (tertiary/aromatic N) is 3. The second-order valence-electron chi connectivity index (χ2n) is 4.32. The molecule has 92 valence electrons. The molecule has 2 aromatic heterocycles. The van der Waals surface area contributed by atoms with Gasteiger partial charge in [0.15, 0.2) is 0 Å². The lowest BCUT2D eigenvalue weighted by molar-refractivity contribution is 0.0938. The van der Waals surface area contributed by atoms with Crippen LogP contribution in [0.1, 0.15) is 23.5 Å². The second kappa shape index (κ2) is 4.56. The van der Waals surface area contributed by atoms with E-state index in [0.29, 0.717) is 23.9 Å². The summed E-state index contributed by atoms with van der Waals surface area (Å²) in [6.45, 7) is 0.690. The van der Waals surface area contributed by atoms with E-state index in [1.165, 1.54) is 12.8 Å². The number of amides is 1. The van der Waals surface area contributed by atoms with Gasteiger partial charge in [0.05, 0.1) is 5.56 Å². The third-order valence-electron chi connectivity index (χ3n) is 2.79. The summed E-state index contributed by atoms with van der Waals surface area (Å²) < 4.78 is 5.03. The summed E-state index contributed by atoms with van der Waals surface area (Å²) in [5.41, 5.74) is 0.700. The van der Waals surface area contributed by atoms with Gasteiger partial charge in [0.2, 0.25) is 0 Å². The van der Waals surface area contributed by atoms with Gasteiger partial charge < -0.3 is 9.84 Å². The van der Waals surface area contributed by atoms with Gasteiger partial charge in [-0.05, 0) is 30.9 Å². The monoisotopic (exact) mass is 244 g/mol. The van der Waals surface area contributed by atoms with Crippen LogP contribution in [0.2, 0.25) is 0 Å². The Labute approximate surface area is 103 Å². The van der Waals surface area contributed by atoms with Crippen molar-refractivity contribution in [3.63, 3.8) is 0 Å². The molecule has 1 fully saturated rings. The Kier molecular flexibility index (Phi) is 2.76. The van der Waals surface area contributed by atoms with Gasteiger partial charge in [-0.1, -0.05) is 5.16 Å². The van der Waals surface area contributed by atoms with E-state index in [4.69, 9.17) is 4.52 Å². The third kappa shape index (κ3) is 2.37. The molecule has 1 N–H and O–H groups in total. The number of aromatic nitrogens is 3. The fourth-order valence-corrected chi connectivity index (χ4v) is 1.56. The number of carbonyl (C=O) groups is 1. The van der Waals surface area contributed by atoms with E-state index >= 15 is 0 Å². The summed E-state index contributed by atoms with van der Waals surface area (Å²) in [5.74, 6) is 0.702. The zero-order valence-electron chi connectivity index (χ0n) is 9.67. The second-order valence-corrected chi connectivity index (χ2v) is 4.32. The van der Waals surface area contributed by atoms with Gasteiger partial charge in [-0.2, -0.15) is 4.98 Å². The van der Waals surface area contributed by atoms with Crippen LogP contribution >= 0.6 is 0 Å². The maximum atomic E-state index is 11.7. The largest absolute Gasteiger partial charge is 0.349 e. The SMILES string of the molecule is O=C(NCC1CC1)c1noc(-c2cccnc2)n1. The summed E-state index contributed by atoms with van der Waals surface area (Å²) in [6.07, 6.45) is 5.64. The van der Waals surface area contributed by atoms with Crippen LogP contribution in [0, 0.1) is 5.92 Å². The molecule has 0 atom stereocenters. The smallest absolute Gasteiger partial charge is 0.292 e. The Hall–Kier alpha value is -2.24. The first-order valence-corrected chi connectivity index (χ1v) is 5.85. The topological polar surface area (TPSA) is 80.9 Å². The first kappa shape index (κ1) is 10.9. The molecule has 2 heterocycles. The summed E-state index contributed by atoms with van der Waals surface area (Å²) >= 11 is 0. The molecule has 6 heteroatoms. The highest BCUT2D eigenvalue weighted by Crippen LogP contribution is 2.27. The molecular formula is C12H12N4O2. The lowest BCUT2D eigenvalue weighted by Gasteiger charge is -1.98. The average molecular weight is 244 g/mol. The Balaban J connectivity index is 1.70. The van der Waals surface area contributed by atoms with Crippen LogP contribution in [0.25, 0.3) is 11.5 Å². The molecule has 6 nitrogen and oxygen atoms in total. The van der Waals surface area contributed by atoms with Crippen LogP contribution in [-0.2, 0) is 0 Å². The molecule has 1 aliphatic rings. The normalized spacial score (nSPS) is 14.4.